The molecule has 0 saturated carbocycles. The number of aliphatic carboxylic acids is 1. The lowest BCUT2D eigenvalue weighted by atomic mass is 10.0. The SMILES string of the molecule is NC(=O)CC[C@H](NC(=O)[C@@H]1CCCN1C(=O)[C@H](CCC(N)=O)NC(=O)[C@@H]1CCCN1C(=O)[C@@H](N)Cc1ccc(O)cc1)C(=O)N1CCC[C@H]1C(=O)N[C@@H](Cc1ccccc1)C(=O)N1CCC[C@H]1C(=O)O. The van der Waals surface area contributed by atoms with E-state index in [0.717, 1.165) is 0 Å². The van der Waals surface area contributed by atoms with E-state index in [2.05, 4.69) is 16.0 Å². The number of carbonyl (C=O) groups excluding carboxylic acids is 9. The van der Waals surface area contributed by atoms with Crippen LogP contribution in [0.1, 0.15) is 88.2 Å². The zero-order valence-electron chi connectivity index (χ0n) is 39.0. The second-order valence-electron chi connectivity index (χ2n) is 18.5. The molecule has 0 radical (unpaired) electrons. The molecule has 4 heterocycles. The fourth-order valence-corrected chi connectivity index (χ4v) is 9.92. The molecule has 2 aromatic carbocycles. The number of carboxylic acids is 1. The smallest absolute Gasteiger partial charge is 0.326 e. The summed E-state index contributed by atoms with van der Waals surface area (Å²) in [5.74, 6) is -7.16. The summed E-state index contributed by atoms with van der Waals surface area (Å²) < 4.78 is 0. The Morgan fingerprint density at radius 2 is 0.886 bits per heavy atom. The summed E-state index contributed by atoms with van der Waals surface area (Å²) in [5, 5.41) is 27.6. The Labute approximate surface area is 405 Å². The predicted molar refractivity (Wildman–Crippen MR) is 249 cm³/mol. The third-order valence-corrected chi connectivity index (χ3v) is 13.5. The van der Waals surface area contributed by atoms with E-state index in [9.17, 15) is 58.2 Å². The van der Waals surface area contributed by atoms with Gasteiger partial charge in [0, 0.05) is 45.4 Å². The van der Waals surface area contributed by atoms with Gasteiger partial charge in [-0.1, -0.05) is 42.5 Å². The predicted octanol–water partition coefficient (Wildman–Crippen LogP) is -1.46. The van der Waals surface area contributed by atoms with Crippen molar-refractivity contribution in [2.24, 2.45) is 17.2 Å². The van der Waals surface area contributed by atoms with Crippen LogP contribution in [0.5, 0.6) is 5.75 Å². The first kappa shape index (κ1) is 52.3. The van der Waals surface area contributed by atoms with Crippen molar-refractivity contribution in [3.8, 4) is 5.75 Å². The molecular formula is C48H64N10O12. The van der Waals surface area contributed by atoms with Crippen LogP contribution >= 0.6 is 0 Å². The van der Waals surface area contributed by atoms with Crippen molar-refractivity contribution >= 4 is 59.1 Å². The highest BCUT2D eigenvalue weighted by molar-refractivity contribution is 5.98. The fraction of sp³-hybridized carbons (Fsp3) is 0.542. The van der Waals surface area contributed by atoms with Crippen molar-refractivity contribution in [2.75, 3.05) is 26.2 Å². The molecule has 9 amide bonds. The molecule has 0 spiro atoms. The number of aromatic hydroxyl groups is 1. The van der Waals surface area contributed by atoms with Gasteiger partial charge in [-0.15, -0.1) is 0 Å². The van der Waals surface area contributed by atoms with Gasteiger partial charge in [0.05, 0.1) is 6.04 Å². The van der Waals surface area contributed by atoms with Gasteiger partial charge in [-0.25, -0.2) is 4.79 Å². The molecule has 22 heteroatoms. The van der Waals surface area contributed by atoms with Crippen LogP contribution in [-0.4, -0.2) is 163 Å². The molecule has 70 heavy (non-hydrogen) atoms. The molecule has 6 rings (SSSR count). The maximum absolute atomic E-state index is 14.4. The second kappa shape index (κ2) is 24.0. The number of amides is 9. The van der Waals surface area contributed by atoms with Gasteiger partial charge in [-0.05, 0) is 93.9 Å². The lowest BCUT2D eigenvalue weighted by molar-refractivity contribution is -0.150. The van der Waals surface area contributed by atoms with Crippen LogP contribution in [0.4, 0.5) is 0 Å². The number of rotatable bonds is 21. The number of nitrogens with two attached hydrogens (primary N) is 3. The quantitative estimate of drug-likeness (QED) is 0.0710. The van der Waals surface area contributed by atoms with E-state index in [4.69, 9.17) is 17.2 Å². The summed E-state index contributed by atoms with van der Waals surface area (Å²) in [4.78, 5) is 140. The Morgan fingerprint density at radius 3 is 1.31 bits per heavy atom. The first-order valence-corrected chi connectivity index (χ1v) is 23.9. The van der Waals surface area contributed by atoms with E-state index in [0.29, 0.717) is 36.8 Å². The number of phenolic OH excluding ortho intramolecular Hbond substituents is 1. The Kier molecular flexibility index (Phi) is 17.9. The zero-order valence-corrected chi connectivity index (χ0v) is 39.0. The Bertz CT molecular complexity index is 2280. The van der Waals surface area contributed by atoms with Gasteiger partial charge in [-0.3, -0.25) is 43.2 Å². The number of phenols is 1. The van der Waals surface area contributed by atoms with Crippen LogP contribution < -0.4 is 33.2 Å². The maximum Gasteiger partial charge on any atom is 0.326 e. The van der Waals surface area contributed by atoms with Crippen LogP contribution in [0, 0.1) is 0 Å². The third kappa shape index (κ3) is 13.2. The molecule has 4 aliphatic rings. The van der Waals surface area contributed by atoms with E-state index >= 15 is 0 Å². The molecule has 22 nitrogen and oxygen atoms in total. The number of primary amides is 2. The lowest BCUT2D eigenvalue weighted by Gasteiger charge is -2.33. The highest BCUT2D eigenvalue weighted by atomic mass is 16.4. The summed E-state index contributed by atoms with van der Waals surface area (Å²) in [6, 6.07) is 5.87. The van der Waals surface area contributed by atoms with Gasteiger partial charge >= 0.3 is 5.97 Å². The van der Waals surface area contributed by atoms with Crippen molar-refractivity contribution in [3.63, 3.8) is 0 Å². The summed E-state index contributed by atoms with van der Waals surface area (Å²) in [6.07, 6.45) is 1.65. The van der Waals surface area contributed by atoms with Gasteiger partial charge in [0.25, 0.3) is 0 Å². The number of carbonyl (C=O) groups is 10. The second-order valence-corrected chi connectivity index (χ2v) is 18.5. The summed E-state index contributed by atoms with van der Waals surface area (Å²) in [5.41, 5.74) is 18.6. The molecule has 0 unspecified atom stereocenters. The van der Waals surface area contributed by atoms with E-state index < -0.39 is 107 Å². The molecule has 378 valence electrons. The molecule has 0 aliphatic carbocycles. The summed E-state index contributed by atoms with van der Waals surface area (Å²) in [6.45, 7) is 0.589. The number of likely N-dealkylation sites (tertiary alicyclic amines) is 4. The molecule has 4 saturated heterocycles. The number of nitrogens with one attached hydrogen (secondary N) is 3. The van der Waals surface area contributed by atoms with Crippen LogP contribution in [0.15, 0.2) is 54.6 Å². The summed E-state index contributed by atoms with van der Waals surface area (Å²) >= 11 is 0. The van der Waals surface area contributed by atoms with E-state index in [1.807, 2.05) is 0 Å². The molecule has 0 aromatic heterocycles. The van der Waals surface area contributed by atoms with Crippen molar-refractivity contribution in [2.45, 2.75) is 138 Å². The van der Waals surface area contributed by atoms with Crippen molar-refractivity contribution in [3.05, 3.63) is 65.7 Å². The van der Waals surface area contributed by atoms with Gasteiger partial charge in [0.2, 0.25) is 53.2 Å². The fourth-order valence-electron chi connectivity index (χ4n) is 9.92. The number of hydrogen-bond acceptors (Lipinski definition) is 12. The van der Waals surface area contributed by atoms with Crippen LogP contribution in [0.3, 0.4) is 0 Å². The highest BCUT2D eigenvalue weighted by Crippen LogP contribution is 2.26. The minimum Gasteiger partial charge on any atom is -0.508 e. The molecule has 8 atom stereocenters. The Balaban J connectivity index is 1.14. The van der Waals surface area contributed by atoms with Crippen LogP contribution in [-0.2, 0) is 60.8 Å². The Hall–Kier alpha value is -7.10. The lowest BCUT2D eigenvalue weighted by Crippen LogP contribution is -2.60. The Morgan fingerprint density at radius 1 is 0.514 bits per heavy atom. The number of hydrogen-bond donors (Lipinski definition) is 8. The maximum atomic E-state index is 14.4. The molecule has 4 fully saturated rings. The standard InChI is InChI=1S/C48H64N10O12/c49-31(26-29-14-16-30(59)17-15-29)44(65)55-22-4-10-35(55)41(62)52-32(18-20-39(50)60)45(66)56-23-5-11-36(56)42(63)53-33(19-21-40(51)61)46(67)57-24-6-12-37(57)43(64)54-34(27-28-8-2-1-3-9-28)47(68)58-25-7-13-38(58)48(69)70/h1-3,8-9,14-17,31-38,59H,4-7,10-13,18-27,49H2,(H2,50,60)(H2,51,61)(H,52,62)(H,53,63)(H,54,64)(H,69,70)/t31-,32-,33-,34-,35-,36-,37-,38-/m0/s1. The topological polar surface area (TPSA) is 338 Å². The molecule has 0 bridgehead atoms. The first-order valence-electron chi connectivity index (χ1n) is 23.9. The minimum absolute atomic E-state index is 0.0479. The monoisotopic (exact) mass is 972 g/mol. The minimum atomic E-state index is -1.38. The normalized spacial score (nSPS) is 21.6. The average molecular weight is 973 g/mol. The highest BCUT2D eigenvalue weighted by Gasteiger charge is 2.45. The zero-order chi connectivity index (χ0) is 50.6. The van der Waals surface area contributed by atoms with Crippen molar-refractivity contribution in [1.29, 1.82) is 0 Å². The molecule has 4 aliphatic heterocycles. The van der Waals surface area contributed by atoms with Gasteiger partial charge in [-0.2, -0.15) is 0 Å². The van der Waals surface area contributed by atoms with E-state index in [-0.39, 0.29) is 96.1 Å². The summed E-state index contributed by atoms with van der Waals surface area (Å²) in [7, 11) is 0. The third-order valence-electron chi connectivity index (χ3n) is 13.5. The van der Waals surface area contributed by atoms with Gasteiger partial charge in [0.1, 0.15) is 48.0 Å². The first-order chi connectivity index (χ1) is 33.4. The van der Waals surface area contributed by atoms with Crippen LogP contribution in [0.25, 0.3) is 0 Å². The number of carboxylic acid groups (broad SMARTS) is 1. The average Bonchev–Trinajstić information content (AvgIpc) is 4.19. The van der Waals surface area contributed by atoms with Crippen molar-refractivity contribution in [1.82, 2.24) is 35.6 Å². The number of benzene rings is 2. The largest absolute Gasteiger partial charge is 0.508 e. The van der Waals surface area contributed by atoms with Crippen molar-refractivity contribution < 1.29 is 58.2 Å². The van der Waals surface area contributed by atoms with Crippen LogP contribution in [0.2, 0.25) is 0 Å². The molecule has 11 N–H and O–H groups in total. The van der Waals surface area contributed by atoms with Gasteiger partial charge < -0.3 is 63.0 Å². The van der Waals surface area contributed by atoms with E-state index in [1.165, 1.54) is 31.7 Å². The number of nitrogens with zero attached hydrogens (tertiary/aromatic N) is 4. The molecular weight excluding hydrogens is 909 g/mol. The molecule has 2 aromatic rings. The van der Waals surface area contributed by atoms with Gasteiger partial charge in [0.15, 0.2) is 0 Å². The van der Waals surface area contributed by atoms with E-state index in [1.54, 1.807) is 42.5 Å².